The topological polar surface area (TPSA) is 54.2 Å². The van der Waals surface area contributed by atoms with Crippen molar-refractivity contribution in [3.05, 3.63) is 34.5 Å². The first-order valence-electron chi connectivity index (χ1n) is 5.95. The summed E-state index contributed by atoms with van der Waals surface area (Å²) >= 11 is 6.05. The van der Waals surface area contributed by atoms with Crippen LogP contribution in [0.4, 0.5) is 5.69 Å². The first-order valence-corrected chi connectivity index (χ1v) is 6.33. The largest absolute Gasteiger partial charge is 0.323 e. The number of anilines is 1. The van der Waals surface area contributed by atoms with E-state index < -0.39 is 0 Å². The van der Waals surface area contributed by atoms with Gasteiger partial charge in [0.1, 0.15) is 0 Å². The van der Waals surface area contributed by atoms with E-state index in [1.54, 1.807) is 0 Å². The second-order valence-corrected chi connectivity index (χ2v) is 5.14. The van der Waals surface area contributed by atoms with Crippen LogP contribution in [0.2, 0.25) is 5.02 Å². The number of aromatic nitrogens is 1. The van der Waals surface area contributed by atoms with Crippen molar-refractivity contribution >= 4 is 28.2 Å². The van der Waals surface area contributed by atoms with Gasteiger partial charge in [-0.15, -0.1) is 0 Å². The number of likely N-dealkylation sites (N-methyl/N-ethyl adjacent to an activating group) is 1. The summed E-state index contributed by atoms with van der Waals surface area (Å²) in [6.45, 7) is 1.90. The lowest BCUT2D eigenvalue weighted by atomic mass is 10.0. The Balaban J connectivity index is 2.31. The molecule has 1 aromatic heterocycles. The summed E-state index contributed by atoms with van der Waals surface area (Å²) < 4.78 is 0. The lowest BCUT2D eigenvalue weighted by Crippen LogP contribution is -2.29. The Morgan fingerprint density at radius 2 is 2.28 bits per heavy atom. The van der Waals surface area contributed by atoms with Gasteiger partial charge in [0.15, 0.2) is 0 Å². The molecule has 0 fully saturated rings. The molecule has 4 nitrogen and oxygen atoms in total. The number of halogens is 1. The Kier molecular flexibility index (Phi) is 2.86. The van der Waals surface area contributed by atoms with Crippen molar-refractivity contribution in [2.75, 3.05) is 19.0 Å². The third-order valence-electron chi connectivity index (χ3n) is 3.44. The standard InChI is InChI=1S/C13H15ClN4/c1-18-5-4-12-10(7-18)13(17-15)9-6-8(14)2-3-11(9)16-12/h2-3,6H,4-5,7,15H2,1H3,(H,16,17). The number of nitrogens with two attached hydrogens (primary N) is 1. The van der Waals surface area contributed by atoms with Gasteiger partial charge in [-0.25, -0.2) is 0 Å². The van der Waals surface area contributed by atoms with E-state index in [-0.39, 0.29) is 0 Å². The highest BCUT2D eigenvalue weighted by atomic mass is 35.5. The average molecular weight is 263 g/mol. The van der Waals surface area contributed by atoms with E-state index in [1.807, 2.05) is 18.2 Å². The van der Waals surface area contributed by atoms with Crippen molar-refractivity contribution in [2.45, 2.75) is 13.0 Å². The summed E-state index contributed by atoms with van der Waals surface area (Å²) in [5.74, 6) is 5.70. The summed E-state index contributed by atoms with van der Waals surface area (Å²) in [6, 6.07) is 5.71. The molecule has 0 unspecified atom stereocenters. The predicted octanol–water partition coefficient (Wildman–Crippen LogP) is 2.16. The Morgan fingerprint density at radius 3 is 3.06 bits per heavy atom. The van der Waals surface area contributed by atoms with Gasteiger partial charge in [0.2, 0.25) is 0 Å². The highest BCUT2D eigenvalue weighted by molar-refractivity contribution is 6.31. The van der Waals surface area contributed by atoms with Gasteiger partial charge in [-0.3, -0.25) is 10.8 Å². The summed E-state index contributed by atoms with van der Waals surface area (Å²) in [6.07, 6.45) is 0.957. The molecule has 0 atom stereocenters. The first kappa shape index (κ1) is 11.7. The molecule has 94 valence electrons. The number of nitrogens with zero attached hydrogens (tertiary/aromatic N) is 2. The van der Waals surface area contributed by atoms with Crippen LogP contribution in [-0.2, 0) is 13.0 Å². The lowest BCUT2D eigenvalue weighted by Gasteiger charge is -2.27. The van der Waals surface area contributed by atoms with Crippen LogP contribution in [0.15, 0.2) is 18.2 Å². The molecule has 3 N–H and O–H groups in total. The molecule has 3 rings (SSSR count). The number of hydrogen-bond acceptors (Lipinski definition) is 4. The summed E-state index contributed by atoms with van der Waals surface area (Å²) in [5, 5.41) is 1.68. The van der Waals surface area contributed by atoms with Gasteiger partial charge >= 0.3 is 0 Å². The van der Waals surface area contributed by atoms with Crippen molar-refractivity contribution in [3.63, 3.8) is 0 Å². The molecule has 0 saturated carbocycles. The molecular formula is C13H15ClN4. The molecule has 1 aliphatic heterocycles. The number of hydrogen-bond donors (Lipinski definition) is 2. The quantitative estimate of drug-likeness (QED) is 0.611. The van der Waals surface area contributed by atoms with Crippen LogP contribution >= 0.6 is 11.6 Å². The molecule has 1 aliphatic rings. The smallest absolute Gasteiger partial charge is 0.0727 e. The van der Waals surface area contributed by atoms with Crippen LogP contribution in [0.3, 0.4) is 0 Å². The number of nitrogen functional groups attached to an aromatic ring is 1. The van der Waals surface area contributed by atoms with Gasteiger partial charge in [-0.1, -0.05) is 11.6 Å². The number of fused-ring (bicyclic) bond motifs is 2. The van der Waals surface area contributed by atoms with Crippen molar-refractivity contribution in [2.24, 2.45) is 5.84 Å². The molecule has 0 spiro atoms. The number of pyridine rings is 1. The number of benzene rings is 1. The van der Waals surface area contributed by atoms with Crippen molar-refractivity contribution in [3.8, 4) is 0 Å². The summed E-state index contributed by atoms with van der Waals surface area (Å²) in [5.41, 5.74) is 7.03. The number of nitrogens with one attached hydrogen (secondary N) is 1. The van der Waals surface area contributed by atoms with E-state index in [1.165, 1.54) is 5.56 Å². The Hall–Kier alpha value is -1.36. The zero-order chi connectivity index (χ0) is 12.7. The molecular weight excluding hydrogens is 248 g/mol. The van der Waals surface area contributed by atoms with Crippen LogP contribution in [0.25, 0.3) is 10.9 Å². The molecule has 2 heterocycles. The van der Waals surface area contributed by atoms with E-state index in [0.29, 0.717) is 5.02 Å². The van der Waals surface area contributed by atoms with Gasteiger partial charge < -0.3 is 10.3 Å². The molecule has 0 radical (unpaired) electrons. The SMILES string of the molecule is CN1CCc2nc3ccc(Cl)cc3c(NN)c2C1. The number of hydrazine groups is 1. The highest BCUT2D eigenvalue weighted by Gasteiger charge is 2.20. The molecule has 5 heteroatoms. The second-order valence-electron chi connectivity index (χ2n) is 4.71. The fourth-order valence-corrected chi connectivity index (χ4v) is 2.69. The molecule has 18 heavy (non-hydrogen) atoms. The Labute approximate surface area is 111 Å². The fourth-order valence-electron chi connectivity index (χ4n) is 2.51. The second kappa shape index (κ2) is 4.39. The highest BCUT2D eigenvalue weighted by Crippen LogP contribution is 2.32. The van der Waals surface area contributed by atoms with Crippen molar-refractivity contribution < 1.29 is 0 Å². The summed E-state index contributed by atoms with van der Waals surface area (Å²) in [7, 11) is 2.10. The van der Waals surface area contributed by atoms with Crippen LogP contribution < -0.4 is 11.3 Å². The average Bonchev–Trinajstić information content (AvgIpc) is 2.36. The van der Waals surface area contributed by atoms with Gasteiger partial charge in [0.05, 0.1) is 11.2 Å². The van der Waals surface area contributed by atoms with Crippen molar-refractivity contribution in [1.82, 2.24) is 9.88 Å². The van der Waals surface area contributed by atoms with Gasteiger partial charge in [-0.05, 0) is 25.2 Å². The van der Waals surface area contributed by atoms with Crippen LogP contribution in [0.1, 0.15) is 11.3 Å². The van der Waals surface area contributed by atoms with Gasteiger partial charge in [0, 0.05) is 41.2 Å². The minimum atomic E-state index is 0.699. The zero-order valence-electron chi connectivity index (χ0n) is 10.2. The normalized spacial score (nSPS) is 15.7. The first-order chi connectivity index (χ1) is 8.69. The Morgan fingerprint density at radius 1 is 1.44 bits per heavy atom. The van der Waals surface area contributed by atoms with E-state index in [2.05, 4.69) is 17.4 Å². The van der Waals surface area contributed by atoms with Crippen molar-refractivity contribution in [1.29, 1.82) is 0 Å². The fraction of sp³-hybridized carbons (Fsp3) is 0.308. The summed E-state index contributed by atoms with van der Waals surface area (Å²) in [4.78, 5) is 6.98. The minimum Gasteiger partial charge on any atom is -0.323 e. The molecule has 0 saturated heterocycles. The van der Waals surface area contributed by atoms with E-state index >= 15 is 0 Å². The monoisotopic (exact) mass is 262 g/mol. The molecule has 2 aromatic rings. The maximum absolute atomic E-state index is 6.05. The van der Waals surface area contributed by atoms with E-state index in [9.17, 15) is 0 Å². The molecule has 0 amide bonds. The Bertz CT molecular complexity index is 611. The maximum Gasteiger partial charge on any atom is 0.0727 e. The zero-order valence-corrected chi connectivity index (χ0v) is 11.0. The maximum atomic E-state index is 6.05. The third kappa shape index (κ3) is 1.82. The van der Waals surface area contributed by atoms with Gasteiger partial charge in [-0.2, -0.15) is 0 Å². The molecule has 0 bridgehead atoms. The predicted molar refractivity (Wildman–Crippen MR) is 74.6 cm³/mol. The third-order valence-corrected chi connectivity index (χ3v) is 3.67. The van der Waals surface area contributed by atoms with E-state index in [0.717, 1.165) is 41.8 Å². The van der Waals surface area contributed by atoms with E-state index in [4.69, 9.17) is 22.4 Å². The van der Waals surface area contributed by atoms with Gasteiger partial charge in [0.25, 0.3) is 0 Å². The van der Waals surface area contributed by atoms with Crippen LogP contribution in [-0.4, -0.2) is 23.5 Å². The van der Waals surface area contributed by atoms with Crippen LogP contribution in [0.5, 0.6) is 0 Å². The molecule has 0 aliphatic carbocycles. The minimum absolute atomic E-state index is 0.699. The van der Waals surface area contributed by atoms with Crippen LogP contribution in [0, 0.1) is 0 Å². The number of rotatable bonds is 1. The lowest BCUT2D eigenvalue weighted by molar-refractivity contribution is 0.311. The molecule has 1 aromatic carbocycles.